The number of phenolic OH excluding ortho intramolecular Hbond substituents is 2. The normalized spacial score (nSPS) is 20.6. The zero-order valence-corrected chi connectivity index (χ0v) is 20.7. The minimum Gasteiger partial charge on any atom is -0.508 e. The van der Waals surface area contributed by atoms with E-state index in [1.807, 2.05) is 43.3 Å². The van der Waals surface area contributed by atoms with E-state index < -0.39 is 0 Å². The highest BCUT2D eigenvalue weighted by molar-refractivity contribution is 5.95. The zero-order valence-electron chi connectivity index (χ0n) is 20.7. The molecule has 0 radical (unpaired) electrons. The van der Waals surface area contributed by atoms with Gasteiger partial charge in [0.2, 0.25) is 0 Å². The van der Waals surface area contributed by atoms with Crippen LogP contribution in [0, 0.1) is 5.92 Å². The predicted octanol–water partition coefficient (Wildman–Crippen LogP) is 6.22. The van der Waals surface area contributed by atoms with Crippen LogP contribution in [0.15, 0.2) is 66.7 Å². The first-order valence-corrected chi connectivity index (χ1v) is 12.5. The van der Waals surface area contributed by atoms with Gasteiger partial charge in [0.1, 0.15) is 35.7 Å². The van der Waals surface area contributed by atoms with Gasteiger partial charge in [0, 0.05) is 29.6 Å². The molecule has 0 saturated carbocycles. The van der Waals surface area contributed by atoms with Gasteiger partial charge in [0.25, 0.3) is 0 Å². The first-order valence-electron chi connectivity index (χ1n) is 12.5. The molecule has 0 aliphatic carbocycles. The lowest BCUT2D eigenvalue weighted by Crippen LogP contribution is -2.35. The van der Waals surface area contributed by atoms with Gasteiger partial charge in [-0.2, -0.15) is 0 Å². The molecule has 188 valence electrons. The van der Waals surface area contributed by atoms with Crippen molar-refractivity contribution in [3.63, 3.8) is 0 Å². The van der Waals surface area contributed by atoms with Gasteiger partial charge in [-0.05, 0) is 86.0 Å². The molecule has 3 atom stereocenters. The van der Waals surface area contributed by atoms with Crippen LogP contribution in [-0.2, 0) is 0 Å². The second-order valence-corrected chi connectivity index (χ2v) is 9.80. The summed E-state index contributed by atoms with van der Waals surface area (Å²) in [7, 11) is 0. The highest BCUT2D eigenvalue weighted by Gasteiger charge is 2.30. The lowest BCUT2D eigenvalue weighted by molar-refractivity contribution is 0.165. The van der Waals surface area contributed by atoms with Crippen molar-refractivity contribution < 1.29 is 24.1 Å². The van der Waals surface area contributed by atoms with Gasteiger partial charge in [0.15, 0.2) is 0 Å². The van der Waals surface area contributed by atoms with E-state index in [4.69, 9.17) is 9.47 Å². The number of aromatic hydroxyl groups is 2. The number of rotatable bonds is 7. The van der Waals surface area contributed by atoms with E-state index >= 15 is 0 Å². The highest BCUT2D eigenvalue weighted by Crippen LogP contribution is 2.47. The van der Waals surface area contributed by atoms with Crippen molar-refractivity contribution in [2.45, 2.75) is 32.4 Å². The van der Waals surface area contributed by atoms with Crippen molar-refractivity contribution in [1.29, 1.82) is 0 Å². The molecule has 5 rings (SSSR count). The van der Waals surface area contributed by atoms with Gasteiger partial charge < -0.3 is 19.7 Å². The van der Waals surface area contributed by atoms with E-state index in [9.17, 15) is 14.6 Å². The maximum Gasteiger partial charge on any atom is 0.150 e. The molecule has 2 aliphatic rings. The number of fused-ring (bicyclic) bond motifs is 1. The topological polar surface area (TPSA) is 62.2 Å². The Morgan fingerprint density at radius 3 is 2.56 bits per heavy atom. The summed E-state index contributed by atoms with van der Waals surface area (Å²) in [6, 6.07) is 20.4. The Morgan fingerprint density at radius 2 is 1.83 bits per heavy atom. The average Bonchev–Trinajstić information content (AvgIpc) is 3.37. The zero-order chi connectivity index (χ0) is 25.2. The Labute approximate surface area is 211 Å². The fourth-order valence-corrected chi connectivity index (χ4v) is 5.17. The first-order chi connectivity index (χ1) is 17.4. The number of halogens is 1. The maximum atomic E-state index is 13.0. The largest absolute Gasteiger partial charge is 0.508 e. The van der Waals surface area contributed by atoms with Crippen molar-refractivity contribution in [2.75, 3.05) is 26.4 Å². The molecular weight excluding hydrogens is 457 g/mol. The predicted molar refractivity (Wildman–Crippen MR) is 139 cm³/mol. The Bertz CT molecular complexity index is 1260. The Kier molecular flexibility index (Phi) is 6.88. The van der Waals surface area contributed by atoms with Gasteiger partial charge in [-0.3, -0.25) is 9.29 Å². The Morgan fingerprint density at radius 1 is 1.06 bits per heavy atom. The number of benzene rings is 3. The summed E-state index contributed by atoms with van der Waals surface area (Å²) in [5.74, 6) is 1.98. The number of hydrogen-bond donors (Lipinski definition) is 2. The van der Waals surface area contributed by atoms with E-state index in [-0.39, 0.29) is 36.2 Å². The van der Waals surface area contributed by atoms with Crippen molar-refractivity contribution in [3.05, 3.63) is 83.4 Å². The second-order valence-electron chi connectivity index (χ2n) is 9.80. The number of likely N-dealkylation sites (tertiary alicyclic amines) is 1. The molecule has 2 N–H and O–H groups in total. The molecular formula is C30H32FNO4. The maximum absolute atomic E-state index is 13.0. The third-order valence-electron chi connectivity index (χ3n) is 7.27. The summed E-state index contributed by atoms with van der Waals surface area (Å²) in [5.41, 5.74) is 4.56. The molecule has 2 heterocycles. The summed E-state index contributed by atoms with van der Waals surface area (Å²) in [5, 5.41) is 20.2. The molecule has 2 aliphatic heterocycles. The number of hydrogen-bond acceptors (Lipinski definition) is 5. The second kappa shape index (κ2) is 10.2. The smallest absolute Gasteiger partial charge is 0.150 e. The minimum absolute atomic E-state index is 0.147. The third kappa shape index (κ3) is 4.91. The van der Waals surface area contributed by atoms with Gasteiger partial charge >= 0.3 is 0 Å². The number of nitrogens with zero attached hydrogens (tertiary/aromatic N) is 1. The molecule has 1 fully saturated rings. The molecule has 5 nitrogen and oxygen atoms in total. The molecule has 0 bridgehead atoms. The summed E-state index contributed by atoms with van der Waals surface area (Å²) in [6.45, 7) is 6.14. The van der Waals surface area contributed by atoms with E-state index in [2.05, 4.69) is 11.8 Å². The first kappa shape index (κ1) is 24.2. The monoisotopic (exact) mass is 489 g/mol. The molecule has 36 heavy (non-hydrogen) atoms. The van der Waals surface area contributed by atoms with E-state index in [0.29, 0.717) is 12.4 Å². The van der Waals surface area contributed by atoms with Gasteiger partial charge in [-0.25, -0.2) is 0 Å². The van der Waals surface area contributed by atoms with Crippen molar-refractivity contribution >= 4 is 11.1 Å². The molecule has 1 saturated heterocycles. The quantitative estimate of drug-likeness (QED) is 0.413. The van der Waals surface area contributed by atoms with Crippen LogP contribution in [0.1, 0.15) is 43.1 Å². The summed E-state index contributed by atoms with van der Waals surface area (Å²) in [6.07, 6.45) is 0.521. The van der Waals surface area contributed by atoms with E-state index in [1.165, 1.54) is 0 Å². The van der Waals surface area contributed by atoms with Crippen LogP contribution in [0.2, 0.25) is 0 Å². The van der Waals surface area contributed by atoms with E-state index in [1.54, 1.807) is 30.3 Å². The molecule has 3 aromatic carbocycles. The van der Waals surface area contributed by atoms with Gasteiger partial charge in [-0.15, -0.1) is 0 Å². The van der Waals surface area contributed by atoms with Crippen LogP contribution in [0.3, 0.4) is 0 Å². The summed E-state index contributed by atoms with van der Waals surface area (Å²) < 4.78 is 25.5. The lowest BCUT2D eigenvalue weighted by Gasteiger charge is -2.31. The summed E-state index contributed by atoms with van der Waals surface area (Å²) in [4.78, 5) is 2.29. The van der Waals surface area contributed by atoms with Crippen LogP contribution < -0.4 is 9.47 Å². The standard InChI is InChI=1S/C30H32FNO4/c1-19(32-13-12-21(16-31)17-32)18-35-26-9-6-22(7-10-26)30-29(23-4-3-5-24(33)14-23)20(2)27-15-25(34)8-11-28(27)36-30/h3-11,14-15,19,21,30,33-34H,12-13,16-18H2,1-2H3/t19-,21-,30+/m0/s1. The number of alkyl halides is 1. The number of phenols is 2. The van der Waals surface area contributed by atoms with Crippen LogP contribution in [0.25, 0.3) is 11.1 Å². The fourth-order valence-electron chi connectivity index (χ4n) is 5.17. The Hall–Kier alpha value is -3.51. The molecule has 3 aromatic rings. The average molecular weight is 490 g/mol. The molecule has 0 spiro atoms. The van der Waals surface area contributed by atoms with Crippen LogP contribution >= 0.6 is 0 Å². The molecule has 6 heteroatoms. The van der Waals surface area contributed by atoms with E-state index in [0.717, 1.165) is 53.1 Å². The third-order valence-corrected chi connectivity index (χ3v) is 7.27. The van der Waals surface area contributed by atoms with Gasteiger partial charge in [-0.1, -0.05) is 24.3 Å². The van der Waals surface area contributed by atoms with Crippen LogP contribution in [0.5, 0.6) is 23.0 Å². The van der Waals surface area contributed by atoms with Gasteiger partial charge in [0.05, 0.1) is 6.67 Å². The lowest BCUT2D eigenvalue weighted by atomic mass is 9.86. The molecule has 0 amide bonds. The van der Waals surface area contributed by atoms with Crippen LogP contribution in [-0.4, -0.2) is 47.5 Å². The molecule has 0 unspecified atom stereocenters. The summed E-state index contributed by atoms with van der Waals surface area (Å²) >= 11 is 0. The highest BCUT2D eigenvalue weighted by atomic mass is 19.1. The fraction of sp³-hybridized carbons (Fsp3) is 0.333. The number of allylic oxidation sites excluding steroid dienone is 1. The van der Waals surface area contributed by atoms with Crippen LogP contribution in [0.4, 0.5) is 4.39 Å². The Balaban J connectivity index is 1.38. The number of ether oxygens (including phenoxy) is 2. The molecule has 0 aromatic heterocycles. The van der Waals surface area contributed by atoms with Crippen molar-refractivity contribution in [3.8, 4) is 23.0 Å². The minimum atomic E-state index is -0.390. The van der Waals surface area contributed by atoms with Crippen molar-refractivity contribution in [1.82, 2.24) is 4.90 Å². The SMILES string of the molecule is CC1=C(c2cccc(O)c2)[C@@H](c2ccc(OC[C@H](C)N3CC[C@@H](CF)C3)cc2)Oc2ccc(O)cc21. The van der Waals surface area contributed by atoms with Crippen molar-refractivity contribution in [2.24, 2.45) is 5.92 Å².